The van der Waals surface area contributed by atoms with E-state index in [0.29, 0.717) is 0 Å². The molecule has 29 heavy (non-hydrogen) atoms. The molecule has 0 amide bonds. The van der Waals surface area contributed by atoms with E-state index in [1.165, 1.54) is 41.8 Å². The zero-order valence-electron chi connectivity index (χ0n) is 16.0. The molecule has 2 heteroatoms. The van der Waals surface area contributed by atoms with Crippen LogP contribution in [0.1, 0.15) is 0 Å². The molecule has 0 aliphatic heterocycles. The van der Waals surface area contributed by atoms with Crippen LogP contribution in [0.4, 0.5) is 0 Å². The summed E-state index contributed by atoms with van der Waals surface area (Å²) in [6.07, 6.45) is 0. The van der Waals surface area contributed by atoms with E-state index >= 15 is 0 Å². The average molecular weight is 486 g/mol. The van der Waals surface area contributed by atoms with Crippen LogP contribution in [-0.2, 0) is 0 Å². The van der Waals surface area contributed by atoms with Gasteiger partial charge in [0.25, 0.3) is 0 Å². The predicted octanol–water partition coefficient (Wildman–Crippen LogP) is 7.94. The Hall–Kier alpha value is -2.85. The Balaban J connectivity index is 1.97. The maximum atomic E-state index is 5.72. The number of rotatable bonds is 3. The highest BCUT2D eigenvalue weighted by Crippen LogP contribution is 2.45. The molecule has 0 N–H and O–H groups in total. The molecule has 0 aromatic heterocycles. The summed E-state index contributed by atoms with van der Waals surface area (Å²) in [6, 6.07) is 34.4. The van der Waals surface area contributed by atoms with E-state index in [-0.39, 0.29) is 0 Å². The summed E-state index contributed by atoms with van der Waals surface area (Å²) in [5.74, 6) is 0.888. The Bertz CT molecular complexity index is 1350. The summed E-state index contributed by atoms with van der Waals surface area (Å²) in [6.45, 7) is 0. The number of halogens is 1. The minimum absolute atomic E-state index is 0.888. The lowest BCUT2D eigenvalue weighted by Crippen LogP contribution is -1.94. The largest absolute Gasteiger partial charge is 0.496 e. The first-order valence-corrected chi connectivity index (χ1v) is 10.7. The minimum atomic E-state index is 0.888. The molecule has 5 aromatic rings. The third-order valence-electron chi connectivity index (χ3n) is 5.45. The zero-order chi connectivity index (χ0) is 19.8. The molecule has 1 nitrogen and oxygen atoms in total. The fraction of sp³-hybridized carbons (Fsp3) is 0.0370. The number of benzene rings is 5. The van der Waals surface area contributed by atoms with Crippen LogP contribution in [-0.4, -0.2) is 7.11 Å². The monoisotopic (exact) mass is 486 g/mol. The molecular formula is C27H19IO. The second-order valence-electron chi connectivity index (χ2n) is 7.05. The Kier molecular flexibility index (Phi) is 4.72. The van der Waals surface area contributed by atoms with E-state index < -0.39 is 0 Å². The van der Waals surface area contributed by atoms with Gasteiger partial charge in [0.1, 0.15) is 5.75 Å². The van der Waals surface area contributed by atoms with Gasteiger partial charge < -0.3 is 4.74 Å². The van der Waals surface area contributed by atoms with E-state index in [0.717, 1.165) is 11.3 Å². The van der Waals surface area contributed by atoms with E-state index in [1.807, 2.05) is 12.1 Å². The normalized spacial score (nSPS) is 11.1. The standard InChI is InChI=1S/C27H19IO/c1-29-25-13-7-6-12-22(25)23-16-14-18-8-2-4-10-20(18)26(23)27-21-11-5-3-9-19(21)15-17-24(27)28/h2-17H,1H3. The molecule has 0 fully saturated rings. The first-order chi connectivity index (χ1) is 14.3. The van der Waals surface area contributed by atoms with Crippen LogP contribution >= 0.6 is 22.6 Å². The van der Waals surface area contributed by atoms with Crippen molar-refractivity contribution in [1.29, 1.82) is 0 Å². The third kappa shape index (κ3) is 3.08. The number of fused-ring (bicyclic) bond motifs is 2. The van der Waals surface area contributed by atoms with Gasteiger partial charge >= 0.3 is 0 Å². The van der Waals surface area contributed by atoms with Gasteiger partial charge in [0.15, 0.2) is 0 Å². The smallest absolute Gasteiger partial charge is 0.126 e. The van der Waals surface area contributed by atoms with Crippen molar-refractivity contribution in [2.24, 2.45) is 0 Å². The molecule has 0 heterocycles. The summed E-state index contributed by atoms with van der Waals surface area (Å²) in [4.78, 5) is 0. The topological polar surface area (TPSA) is 9.23 Å². The predicted molar refractivity (Wildman–Crippen MR) is 132 cm³/mol. The first kappa shape index (κ1) is 18.2. The highest BCUT2D eigenvalue weighted by molar-refractivity contribution is 14.1. The van der Waals surface area contributed by atoms with Gasteiger partial charge in [0.2, 0.25) is 0 Å². The van der Waals surface area contributed by atoms with Gasteiger partial charge in [-0.25, -0.2) is 0 Å². The summed E-state index contributed by atoms with van der Waals surface area (Å²) >= 11 is 2.47. The van der Waals surface area contributed by atoms with Gasteiger partial charge in [-0.15, -0.1) is 0 Å². The van der Waals surface area contributed by atoms with Crippen molar-refractivity contribution in [1.82, 2.24) is 0 Å². The molecular weight excluding hydrogens is 467 g/mol. The molecule has 0 bridgehead atoms. The quantitative estimate of drug-likeness (QED) is 0.235. The van der Waals surface area contributed by atoms with Gasteiger partial charge in [-0.1, -0.05) is 84.9 Å². The number of para-hydroxylation sites is 1. The van der Waals surface area contributed by atoms with Crippen molar-refractivity contribution in [2.75, 3.05) is 7.11 Å². The summed E-state index contributed by atoms with van der Waals surface area (Å²) in [5.41, 5.74) is 4.84. The average Bonchev–Trinajstić information content (AvgIpc) is 2.78. The molecule has 0 spiro atoms. The number of methoxy groups -OCH3 is 1. The SMILES string of the molecule is COc1ccccc1-c1ccc2ccccc2c1-c1c(I)ccc2ccccc12. The first-order valence-electron chi connectivity index (χ1n) is 9.60. The lowest BCUT2D eigenvalue weighted by atomic mass is 9.87. The van der Waals surface area contributed by atoms with Crippen molar-refractivity contribution in [2.45, 2.75) is 0 Å². The van der Waals surface area contributed by atoms with Crippen molar-refractivity contribution >= 4 is 44.1 Å². The lowest BCUT2D eigenvalue weighted by molar-refractivity contribution is 0.416. The third-order valence-corrected chi connectivity index (χ3v) is 6.35. The van der Waals surface area contributed by atoms with E-state index in [1.54, 1.807) is 7.11 Å². The van der Waals surface area contributed by atoms with Gasteiger partial charge in [-0.05, 0) is 67.4 Å². The molecule has 0 aliphatic rings. The van der Waals surface area contributed by atoms with Crippen LogP contribution < -0.4 is 4.74 Å². The van der Waals surface area contributed by atoms with E-state index in [9.17, 15) is 0 Å². The molecule has 0 aliphatic carbocycles. The maximum absolute atomic E-state index is 5.72. The zero-order valence-corrected chi connectivity index (χ0v) is 18.2. The molecule has 5 rings (SSSR count). The van der Waals surface area contributed by atoms with Crippen molar-refractivity contribution in [3.8, 4) is 28.0 Å². The number of hydrogen-bond acceptors (Lipinski definition) is 1. The maximum Gasteiger partial charge on any atom is 0.126 e. The van der Waals surface area contributed by atoms with Crippen molar-refractivity contribution in [3.63, 3.8) is 0 Å². The van der Waals surface area contributed by atoms with Crippen LogP contribution in [0.5, 0.6) is 5.75 Å². The fourth-order valence-corrected chi connectivity index (χ4v) is 4.87. The Morgan fingerprint density at radius 3 is 1.86 bits per heavy atom. The summed E-state index contributed by atoms with van der Waals surface area (Å²) in [5, 5.41) is 5.02. The molecule has 0 saturated heterocycles. The lowest BCUT2D eigenvalue weighted by Gasteiger charge is -2.19. The second kappa shape index (κ2) is 7.53. The Morgan fingerprint density at radius 1 is 0.552 bits per heavy atom. The van der Waals surface area contributed by atoms with Gasteiger partial charge in [-0.3, -0.25) is 0 Å². The highest BCUT2D eigenvalue weighted by atomic mass is 127. The van der Waals surface area contributed by atoms with E-state index in [2.05, 4.69) is 108 Å². The van der Waals surface area contributed by atoms with Gasteiger partial charge in [-0.2, -0.15) is 0 Å². The van der Waals surface area contributed by atoms with Crippen LogP contribution in [0.15, 0.2) is 97.1 Å². The minimum Gasteiger partial charge on any atom is -0.496 e. The molecule has 0 radical (unpaired) electrons. The number of ether oxygens (including phenoxy) is 1. The molecule has 0 atom stereocenters. The van der Waals surface area contributed by atoms with Crippen molar-refractivity contribution in [3.05, 3.63) is 101 Å². The molecule has 5 aromatic carbocycles. The molecule has 0 saturated carbocycles. The van der Waals surface area contributed by atoms with Gasteiger partial charge in [0.05, 0.1) is 7.11 Å². The second-order valence-corrected chi connectivity index (χ2v) is 8.22. The highest BCUT2D eigenvalue weighted by Gasteiger charge is 2.18. The molecule has 140 valence electrons. The summed E-state index contributed by atoms with van der Waals surface area (Å²) in [7, 11) is 1.74. The summed E-state index contributed by atoms with van der Waals surface area (Å²) < 4.78 is 6.96. The molecule has 0 unspecified atom stereocenters. The van der Waals surface area contributed by atoms with E-state index in [4.69, 9.17) is 4.74 Å². The van der Waals surface area contributed by atoms with Crippen LogP contribution in [0.25, 0.3) is 43.8 Å². The van der Waals surface area contributed by atoms with Crippen LogP contribution in [0.2, 0.25) is 0 Å². The van der Waals surface area contributed by atoms with Crippen LogP contribution in [0, 0.1) is 3.57 Å². The Morgan fingerprint density at radius 2 is 1.14 bits per heavy atom. The Labute approximate surface area is 184 Å². The fourth-order valence-electron chi connectivity index (χ4n) is 4.13. The number of hydrogen-bond donors (Lipinski definition) is 0. The van der Waals surface area contributed by atoms with Crippen LogP contribution in [0.3, 0.4) is 0 Å². The van der Waals surface area contributed by atoms with Gasteiger partial charge in [0, 0.05) is 14.7 Å². The van der Waals surface area contributed by atoms with Crippen molar-refractivity contribution < 1.29 is 4.74 Å².